The van der Waals surface area contributed by atoms with E-state index in [1.54, 1.807) is 48.4 Å². The van der Waals surface area contributed by atoms with Crippen molar-refractivity contribution in [3.05, 3.63) is 76.4 Å². The minimum Gasteiger partial charge on any atom is -0.336 e. The summed E-state index contributed by atoms with van der Waals surface area (Å²) in [4.78, 5) is 43.0. The molecule has 0 radical (unpaired) electrons. The zero-order valence-electron chi connectivity index (χ0n) is 17.3. The molecule has 1 fully saturated rings. The molecule has 1 aliphatic rings. The number of Topliss-reactive ketones (excluding diaryl/α,β-unsaturated/α-hetero) is 2. The second-order valence-corrected chi connectivity index (χ2v) is 8.42. The number of piperidine rings is 1. The summed E-state index contributed by atoms with van der Waals surface area (Å²) in [7, 11) is 0. The molecule has 1 amide bonds. The normalized spacial score (nSPS) is 14.6. The summed E-state index contributed by atoms with van der Waals surface area (Å²) in [5, 5.41) is 1.59. The van der Waals surface area contributed by atoms with Crippen LogP contribution in [0.25, 0.3) is 10.9 Å². The summed E-state index contributed by atoms with van der Waals surface area (Å²) in [5.41, 5.74) is 3.45. The number of likely N-dealkylation sites (tertiary alicyclic amines) is 1. The Balaban J connectivity index is 1.44. The van der Waals surface area contributed by atoms with Crippen LogP contribution in [0.15, 0.2) is 54.7 Å². The SMILES string of the molecule is CC(=O)c1ccc2nccc(C3CCN(C(=O)C(=O)Cc4ccc(Cl)cc4)CC3)c2c1. The van der Waals surface area contributed by atoms with Gasteiger partial charge in [0.2, 0.25) is 5.78 Å². The Bertz CT molecular complexity index is 1150. The molecule has 1 aromatic heterocycles. The van der Waals surface area contributed by atoms with Gasteiger partial charge in [-0.1, -0.05) is 23.7 Å². The first kappa shape index (κ1) is 21.2. The Kier molecular flexibility index (Phi) is 6.14. The number of ketones is 2. The van der Waals surface area contributed by atoms with Crippen molar-refractivity contribution in [2.75, 3.05) is 13.1 Å². The van der Waals surface area contributed by atoms with Crippen molar-refractivity contribution < 1.29 is 14.4 Å². The van der Waals surface area contributed by atoms with E-state index in [2.05, 4.69) is 4.98 Å². The van der Waals surface area contributed by atoms with Crippen LogP contribution in [0.3, 0.4) is 0 Å². The molecule has 0 saturated carbocycles. The van der Waals surface area contributed by atoms with E-state index in [-0.39, 0.29) is 18.1 Å². The fraction of sp³-hybridized carbons (Fsp3) is 0.280. The lowest BCUT2D eigenvalue weighted by atomic mass is 9.87. The second-order valence-electron chi connectivity index (χ2n) is 7.98. The Morgan fingerprint density at radius 3 is 2.42 bits per heavy atom. The molecular weight excluding hydrogens is 412 g/mol. The van der Waals surface area contributed by atoms with Crippen LogP contribution >= 0.6 is 11.6 Å². The molecule has 4 rings (SSSR count). The van der Waals surface area contributed by atoms with Crippen LogP contribution in [0.5, 0.6) is 0 Å². The maximum absolute atomic E-state index is 12.6. The number of hydrogen-bond acceptors (Lipinski definition) is 4. The molecule has 31 heavy (non-hydrogen) atoms. The second kappa shape index (κ2) is 8.98. The number of rotatable bonds is 5. The third kappa shape index (κ3) is 4.67. The number of carbonyl (C=O) groups excluding carboxylic acids is 3. The smallest absolute Gasteiger partial charge is 0.290 e. The first-order valence-electron chi connectivity index (χ1n) is 10.4. The van der Waals surface area contributed by atoms with Crippen molar-refractivity contribution in [1.82, 2.24) is 9.88 Å². The first-order valence-corrected chi connectivity index (χ1v) is 10.8. The lowest BCUT2D eigenvalue weighted by Crippen LogP contribution is -2.42. The fourth-order valence-electron chi connectivity index (χ4n) is 4.18. The van der Waals surface area contributed by atoms with Crippen molar-refractivity contribution in [2.24, 2.45) is 0 Å². The number of nitrogens with zero attached hydrogens (tertiary/aromatic N) is 2. The van der Waals surface area contributed by atoms with Gasteiger partial charge in [0.1, 0.15) is 0 Å². The standard InChI is InChI=1S/C25H23ClN2O3/c1-16(29)19-4-7-23-22(15-19)21(8-11-27-23)18-9-12-28(13-10-18)25(31)24(30)14-17-2-5-20(26)6-3-17/h2-8,11,15,18H,9-10,12-14H2,1H3. The first-order chi connectivity index (χ1) is 14.9. The van der Waals surface area contributed by atoms with Gasteiger partial charge in [0.15, 0.2) is 5.78 Å². The molecular formula is C25H23ClN2O3. The maximum Gasteiger partial charge on any atom is 0.290 e. The Morgan fingerprint density at radius 1 is 1.03 bits per heavy atom. The van der Waals surface area contributed by atoms with Crippen molar-refractivity contribution in [2.45, 2.75) is 32.1 Å². The lowest BCUT2D eigenvalue weighted by molar-refractivity contribution is -0.145. The van der Waals surface area contributed by atoms with E-state index >= 15 is 0 Å². The van der Waals surface area contributed by atoms with E-state index in [0.717, 1.165) is 34.9 Å². The number of carbonyl (C=O) groups is 3. The molecule has 3 aromatic rings. The van der Waals surface area contributed by atoms with Crippen molar-refractivity contribution in [1.29, 1.82) is 0 Å². The molecule has 158 valence electrons. The van der Waals surface area contributed by atoms with Crippen LogP contribution < -0.4 is 0 Å². The van der Waals surface area contributed by atoms with E-state index < -0.39 is 11.7 Å². The Labute approximate surface area is 186 Å². The van der Waals surface area contributed by atoms with E-state index in [0.29, 0.717) is 23.7 Å². The van der Waals surface area contributed by atoms with Crippen LogP contribution in [0, 0.1) is 0 Å². The molecule has 0 N–H and O–H groups in total. The molecule has 1 saturated heterocycles. The van der Waals surface area contributed by atoms with Gasteiger partial charge >= 0.3 is 0 Å². The van der Waals surface area contributed by atoms with E-state index in [1.165, 1.54) is 0 Å². The number of benzene rings is 2. The van der Waals surface area contributed by atoms with Crippen LogP contribution in [0.4, 0.5) is 0 Å². The maximum atomic E-state index is 12.6. The van der Waals surface area contributed by atoms with E-state index in [4.69, 9.17) is 11.6 Å². The predicted molar refractivity (Wildman–Crippen MR) is 120 cm³/mol. The summed E-state index contributed by atoms with van der Waals surface area (Å²) in [5.74, 6) is -0.549. The molecule has 2 heterocycles. The van der Waals surface area contributed by atoms with E-state index in [9.17, 15) is 14.4 Å². The summed E-state index contributed by atoms with van der Waals surface area (Å²) >= 11 is 5.88. The van der Waals surface area contributed by atoms with Gasteiger partial charge in [0.05, 0.1) is 5.52 Å². The highest BCUT2D eigenvalue weighted by atomic mass is 35.5. The minimum absolute atomic E-state index is 0.0244. The van der Waals surface area contributed by atoms with Gasteiger partial charge in [-0.3, -0.25) is 19.4 Å². The van der Waals surface area contributed by atoms with Gasteiger partial charge in [-0.25, -0.2) is 0 Å². The molecule has 0 bridgehead atoms. The molecule has 0 spiro atoms. The number of hydrogen-bond donors (Lipinski definition) is 0. The van der Waals surface area contributed by atoms with Gasteiger partial charge in [0, 0.05) is 41.7 Å². The van der Waals surface area contributed by atoms with Gasteiger partial charge in [-0.15, -0.1) is 0 Å². The Hall–Kier alpha value is -3.05. The van der Waals surface area contributed by atoms with Crippen molar-refractivity contribution in [3.8, 4) is 0 Å². The van der Waals surface area contributed by atoms with Gasteiger partial charge in [-0.2, -0.15) is 0 Å². The monoisotopic (exact) mass is 434 g/mol. The van der Waals surface area contributed by atoms with Crippen molar-refractivity contribution >= 4 is 40.0 Å². The summed E-state index contributed by atoms with van der Waals surface area (Å²) in [6, 6.07) is 14.6. The highest BCUT2D eigenvalue weighted by molar-refractivity contribution is 6.36. The van der Waals surface area contributed by atoms with Gasteiger partial charge in [0.25, 0.3) is 5.91 Å². The van der Waals surface area contributed by atoms with Crippen LogP contribution in [0.1, 0.15) is 47.2 Å². The predicted octanol–water partition coefficient (Wildman–Crippen LogP) is 4.61. The zero-order chi connectivity index (χ0) is 22.0. The molecule has 6 heteroatoms. The van der Waals surface area contributed by atoms with Crippen LogP contribution in [0.2, 0.25) is 5.02 Å². The number of pyridine rings is 1. The molecule has 1 aliphatic heterocycles. The molecule has 5 nitrogen and oxygen atoms in total. The lowest BCUT2D eigenvalue weighted by Gasteiger charge is -2.32. The van der Waals surface area contributed by atoms with Crippen molar-refractivity contribution in [3.63, 3.8) is 0 Å². The average Bonchev–Trinajstić information content (AvgIpc) is 2.79. The number of amides is 1. The van der Waals surface area contributed by atoms with Gasteiger partial charge < -0.3 is 4.90 Å². The molecule has 2 aromatic carbocycles. The summed E-state index contributed by atoms with van der Waals surface area (Å²) < 4.78 is 0. The minimum atomic E-state index is -0.424. The number of fused-ring (bicyclic) bond motifs is 1. The highest BCUT2D eigenvalue weighted by Crippen LogP contribution is 2.33. The molecule has 0 atom stereocenters. The zero-order valence-corrected chi connectivity index (χ0v) is 18.1. The van der Waals surface area contributed by atoms with Gasteiger partial charge in [-0.05, 0) is 73.2 Å². The average molecular weight is 435 g/mol. The Morgan fingerprint density at radius 2 is 1.74 bits per heavy atom. The number of halogens is 1. The van der Waals surface area contributed by atoms with Crippen LogP contribution in [-0.4, -0.2) is 40.4 Å². The number of aromatic nitrogens is 1. The molecule has 0 aliphatic carbocycles. The quantitative estimate of drug-likeness (QED) is 0.434. The highest BCUT2D eigenvalue weighted by Gasteiger charge is 2.28. The summed E-state index contributed by atoms with van der Waals surface area (Å²) in [6.45, 7) is 2.63. The fourth-order valence-corrected chi connectivity index (χ4v) is 4.30. The molecule has 0 unspecified atom stereocenters. The van der Waals surface area contributed by atoms with E-state index in [1.807, 2.05) is 18.2 Å². The van der Waals surface area contributed by atoms with Crippen LogP contribution in [-0.2, 0) is 16.0 Å². The largest absolute Gasteiger partial charge is 0.336 e. The third-order valence-corrected chi connectivity index (χ3v) is 6.17. The topological polar surface area (TPSA) is 67.3 Å². The summed E-state index contributed by atoms with van der Waals surface area (Å²) in [6.07, 6.45) is 3.41. The third-order valence-electron chi connectivity index (χ3n) is 5.92.